The summed E-state index contributed by atoms with van der Waals surface area (Å²) in [6.45, 7) is 4.12. The predicted octanol–water partition coefficient (Wildman–Crippen LogP) is 3.25. The molecular weight excluding hydrogens is 289 g/mol. The Morgan fingerprint density at radius 2 is 1.84 bits per heavy atom. The number of likely N-dealkylation sites (N-methyl/N-ethyl adjacent to an activating group) is 1. The number of hydrogen-bond acceptors (Lipinski definition) is 4. The minimum Gasteiger partial charge on any atom is -0.465 e. The SMILES string of the molecule is CCN(CCOC)c1cc(Cl)c(C(=O)OC)c(Cl)c1. The fourth-order valence-electron chi connectivity index (χ4n) is 1.71. The zero-order valence-electron chi connectivity index (χ0n) is 11.2. The third-order valence-corrected chi connectivity index (χ3v) is 3.32. The third-order valence-electron chi connectivity index (χ3n) is 2.73. The number of halogens is 2. The summed E-state index contributed by atoms with van der Waals surface area (Å²) < 4.78 is 9.70. The second-order valence-electron chi connectivity index (χ2n) is 3.85. The van der Waals surface area contributed by atoms with Crippen LogP contribution >= 0.6 is 23.2 Å². The molecule has 0 saturated heterocycles. The van der Waals surface area contributed by atoms with Gasteiger partial charge in [-0.3, -0.25) is 0 Å². The van der Waals surface area contributed by atoms with Gasteiger partial charge in [0.05, 0.1) is 29.3 Å². The molecule has 0 unspecified atom stereocenters. The summed E-state index contributed by atoms with van der Waals surface area (Å²) >= 11 is 12.2. The summed E-state index contributed by atoms with van der Waals surface area (Å²) in [6, 6.07) is 3.41. The topological polar surface area (TPSA) is 38.8 Å². The van der Waals surface area contributed by atoms with Crippen molar-refractivity contribution in [1.82, 2.24) is 0 Å². The van der Waals surface area contributed by atoms with E-state index in [4.69, 9.17) is 27.9 Å². The highest BCUT2D eigenvalue weighted by Crippen LogP contribution is 2.31. The van der Waals surface area contributed by atoms with Crippen molar-refractivity contribution in [2.24, 2.45) is 0 Å². The largest absolute Gasteiger partial charge is 0.465 e. The summed E-state index contributed by atoms with van der Waals surface area (Å²) in [5.41, 5.74) is 1.04. The molecule has 0 N–H and O–H groups in total. The zero-order chi connectivity index (χ0) is 14.4. The molecule has 0 amide bonds. The Morgan fingerprint density at radius 1 is 1.26 bits per heavy atom. The number of hydrogen-bond donors (Lipinski definition) is 0. The first-order valence-electron chi connectivity index (χ1n) is 5.86. The van der Waals surface area contributed by atoms with E-state index in [1.807, 2.05) is 6.92 Å². The van der Waals surface area contributed by atoms with E-state index in [-0.39, 0.29) is 15.6 Å². The van der Waals surface area contributed by atoms with Crippen molar-refractivity contribution >= 4 is 34.9 Å². The van der Waals surface area contributed by atoms with Crippen molar-refractivity contribution in [2.75, 3.05) is 38.8 Å². The molecule has 6 heteroatoms. The second-order valence-corrected chi connectivity index (χ2v) is 4.66. The molecule has 1 rings (SSSR count). The van der Waals surface area contributed by atoms with E-state index in [1.165, 1.54) is 7.11 Å². The molecule has 0 fully saturated rings. The number of nitrogens with zero attached hydrogens (tertiary/aromatic N) is 1. The first-order chi connectivity index (χ1) is 9.04. The van der Waals surface area contributed by atoms with Gasteiger partial charge in [-0.1, -0.05) is 23.2 Å². The van der Waals surface area contributed by atoms with Gasteiger partial charge < -0.3 is 14.4 Å². The van der Waals surface area contributed by atoms with Crippen molar-refractivity contribution in [3.05, 3.63) is 27.7 Å². The number of carbonyl (C=O) groups is 1. The number of esters is 1. The monoisotopic (exact) mass is 305 g/mol. The van der Waals surface area contributed by atoms with Crippen molar-refractivity contribution < 1.29 is 14.3 Å². The van der Waals surface area contributed by atoms with E-state index >= 15 is 0 Å². The van der Waals surface area contributed by atoms with Gasteiger partial charge >= 0.3 is 5.97 Å². The van der Waals surface area contributed by atoms with Crippen LogP contribution in [0.25, 0.3) is 0 Å². The van der Waals surface area contributed by atoms with Crippen LogP contribution in [0.2, 0.25) is 10.0 Å². The van der Waals surface area contributed by atoms with E-state index in [0.717, 1.165) is 18.8 Å². The molecule has 0 aliphatic rings. The molecule has 1 aromatic rings. The van der Waals surface area contributed by atoms with Gasteiger partial charge in [0.1, 0.15) is 0 Å². The van der Waals surface area contributed by atoms with Crippen molar-refractivity contribution in [2.45, 2.75) is 6.92 Å². The van der Waals surface area contributed by atoms with Crippen molar-refractivity contribution in [3.8, 4) is 0 Å². The molecule has 0 radical (unpaired) electrons. The van der Waals surface area contributed by atoms with Crippen LogP contribution in [-0.4, -0.2) is 39.9 Å². The first kappa shape index (κ1) is 16.1. The van der Waals surface area contributed by atoms with Crippen LogP contribution in [0.4, 0.5) is 5.69 Å². The molecule has 19 heavy (non-hydrogen) atoms. The maximum Gasteiger partial charge on any atom is 0.340 e. The molecule has 0 heterocycles. The maximum atomic E-state index is 11.6. The Hall–Kier alpha value is -0.970. The Bertz CT molecular complexity index is 429. The lowest BCUT2D eigenvalue weighted by Crippen LogP contribution is -2.26. The highest BCUT2D eigenvalue weighted by Gasteiger charge is 2.18. The van der Waals surface area contributed by atoms with Crippen LogP contribution in [0.3, 0.4) is 0 Å². The number of methoxy groups -OCH3 is 2. The highest BCUT2D eigenvalue weighted by atomic mass is 35.5. The smallest absolute Gasteiger partial charge is 0.340 e. The molecule has 106 valence electrons. The van der Waals surface area contributed by atoms with Gasteiger partial charge in [0.15, 0.2) is 0 Å². The summed E-state index contributed by atoms with van der Waals surface area (Å²) in [6.07, 6.45) is 0. The van der Waals surface area contributed by atoms with Crippen molar-refractivity contribution in [3.63, 3.8) is 0 Å². The average molecular weight is 306 g/mol. The molecule has 1 aromatic carbocycles. The lowest BCUT2D eigenvalue weighted by molar-refractivity contribution is 0.0601. The predicted molar refractivity (Wildman–Crippen MR) is 77.6 cm³/mol. The fraction of sp³-hybridized carbons (Fsp3) is 0.462. The maximum absolute atomic E-state index is 11.6. The Kier molecular flexibility index (Phi) is 6.42. The van der Waals surface area contributed by atoms with Gasteiger partial charge in [-0.2, -0.15) is 0 Å². The van der Waals surface area contributed by atoms with E-state index < -0.39 is 5.97 Å². The van der Waals surface area contributed by atoms with Gasteiger partial charge in [0.2, 0.25) is 0 Å². The number of rotatable bonds is 6. The number of anilines is 1. The van der Waals surface area contributed by atoms with Crippen LogP contribution < -0.4 is 4.90 Å². The van der Waals surface area contributed by atoms with Gasteiger partial charge in [-0.25, -0.2) is 4.79 Å². The Labute approximate surface area is 123 Å². The summed E-state index contributed by atoms with van der Waals surface area (Å²) in [4.78, 5) is 13.6. The molecule has 0 aliphatic carbocycles. The molecule has 0 aliphatic heterocycles. The summed E-state index contributed by atoms with van der Waals surface area (Å²) in [5, 5.41) is 0.565. The lowest BCUT2D eigenvalue weighted by Gasteiger charge is -2.23. The summed E-state index contributed by atoms with van der Waals surface area (Å²) in [5.74, 6) is -0.540. The van der Waals surface area contributed by atoms with Gasteiger partial charge in [0.25, 0.3) is 0 Å². The van der Waals surface area contributed by atoms with E-state index in [1.54, 1.807) is 19.2 Å². The number of ether oxygens (including phenoxy) is 2. The standard InChI is InChI=1S/C13H17Cl2NO3/c1-4-16(5-6-18-2)9-7-10(14)12(11(15)8-9)13(17)19-3/h7-8H,4-6H2,1-3H3. The van der Waals surface area contributed by atoms with Gasteiger partial charge in [0, 0.05) is 25.9 Å². The second kappa shape index (κ2) is 7.58. The summed E-state index contributed by atoms with van der Waals surface area (Å²) in [7, 11) is 2.94. The van der Waals surface area contributed by atoms with Gasteiger partial charge in [-0.05, 0) is 19.1 Å². The Morgan fingerprint density at radius 3 is 2.26 bits per heavy atom. The molecule has 0 aromatic heterocycles. The van der Waals surface area contributed by atoms with E-state index in [9.17, 15) is 4.79 Å². The van der Waals surface area contributed by atoms with Crippen LogP contribution in [0, 0.1) is 0 Å². The Balaban J connectivity index is 3.08. The van der Waals surface area contributed by atoms with E-state index in [2.05, 4.69) is 9.64 Å². The minimum absolute atomic E-state index is 0.192. The minimum atomic E-state index is -0.540. The van der Waals surface area contributed by atoms with Gasteiger partial charge in [-0.15, -0.1) is 0 Å². The first-order valence-corrected chi connectivity index (χ1v) is 6.62. The number of carbonyl (C=O) groups excluding carboxylic acids is 1. The number of benzene rings is 1. The van der Waals surface area contributed by atoms with Crippen LogP contribution in [-0.2, 0) is 9.47 Å². The molecule has 0 bridgehead atoms. The van der Waals surface area contributed by atoms with E-state index in [0.29, 0.717) is 6.61 Å². The molecule has 0 atom stereocenters. The lowest BCUT2D eigenvalue weighted by atomic mass is 10.2. The third kappa shape index (κ3) is 4.00. The molecule has 0 saturated carbocycles. The highest BCUT2D eigenvalue weighted by molar-refractivity contribution is 6.39. The van der Waals surface area contributed by atoms with Crippen LogP contribution in [0.1, 0.15) is 17.3 Å². The fourth-order valence-corrected chi connectivity index (χ4v) is 2.34. The molecule has 0 spiro atoms. The normalized spacial score (nSPS) is 10.4. The zero-order valence-corrected chi connectivity index (χ0v) is 12.7. The van der Waals surface area contributed by atoms with Crippen molar-refractivity contribution in [1.29, 1.82) is 0 Å². The van der Waals surface area contributed by atoms with Crippen LogP contribution in [0.15, 0.2) is 12.1 Å². The quantitative estimate of drug-likeness (QED) is 0.756. The molecule has 4 nitrogen and oxygen atoms in total. The molecular formula is C13H17Cl2NO3. The average Bonchev–Trinajstić information content (AvgIpc) is 2.38. The van der Waals surface area contributed by atoms with Crippen LogP contribution in [0.5, 0.6) is 0 Å².